The van der Waals surface area contributed by atoms with Gasteiger partial charge in [-0.25, -0.2) is 26.3 Å². The molecular formula is C14H12F3NO2S. The van der Waals surface area contributed by atoms with Crippen LogP contribution < -0.4 is 4.72 Å². The van der Waals surface area contributed by atoms with Gasteiger partial charge in [-0.15, -0.1) is 0 Å². The summed E-state index contributed by atoms with van der Waals surface area (Å²) in [5.74, 6) is -3.65. The maximum Gasteiger partial charge on any atom is 0.240 e. The number of benzene rings is 2. The number of nitrogens with one attached hydrogen (secondary N) is 1. The average Bonchev–Trinajstić information content (AvgIpc) is 2.43. The number of halogens is 3. The van der Waals surface area contributed by atoms with Crippen molar-refractivity contribution >= 4 is 10.0 Å². The molecule has 112 valence electrons. The van der Waals surface area contributed by atoms with Crippen molar-refractivity contribution in [2.24, 2.45) is 0 Å². The normalized spacial score (nSPS) is 11.6. The summed E-state index contributed by atoms with van der Waals surface area (Å²) in [6, 6.07) is 7.42. The minimum absolute atomic E-state index is 0.0280. The first-order valence-electron chi connectivity index (χ1n) is 6.00. The fourth-order valence-electron chi connectivity index (χ4n) is 1.76. The van der Waals surface area contributed by atoms with E-state index in [2.05, 4.69) is 4.72 Å². The van der Waals surface area contributed by atoms with Gasteiger partial charge in [0, 0.05) is 12.1 Å². The minimum Gasteiger partial charge on any atom is -0.207 e. The summed E-state index contributed by atoms with van der Waals surface area (Å²) in [6.45, 7) is 1.04. The van der Waals surface area contributed by atoms with Gasteiger partial charge in [0.25, 0.3) is 0 Å². The Morgan fingerprint density at radius 3 is 2.38 bits per heavy atom. The Balaban J connectivity index is 2.26. The monoisotopic (exact) mass is 315 g/mol. The highest BCUT2D eigenvalue weighted by Gasteiger charge is 2.18. The van der Waals surface area contributed by atoms with Gasteiger partial charge in [0.1, 0.15) is 5.82 Å². The zero-order valence-electron chi connectivity index (χ0n) is 11.0. The SMILES string of the molecule is Cc1cccc(S(=O)(=O)NCc2c(F)ccc(F)c2F)c1. The molecule has 0 fully saturated rings. The molecule has 0 aliphatic rings. The van der Waals surface area contributed by atoms with E-state index in [0.717, 1.165) is 11.6 Å². The highest BCUT2D eigenvalue weighted by Crippen LogP contribution is 2.17. The molecule has 0 bridgehead atoms. The summed E-state index contributed by atoms with van der Waals surface area (Å²) in [6.07, 6.45) is 0. The largest absolute Gasteiger partial charge is 0.240 e. The average molecular weight is 315 g/mol. The lowest BCUT2D eigenvalue weighted by molar-refractivity contribution is 0.477. The van der Waals surface area contributed by atoms with Gasteiger partial charge in [-0.1, -0.05) is 12.1 Å². The third kappa shape index (κ3) is 3.43. The highest BCUT2D eigenvalue weighted by atomic mass is 32.2. The van der Waals surface area contributed by atoms with Crippen molar-refractivity contribution in [2.45, 2.75) is 18.4 Å². The number of rotatable bonds is 4. The first-order chi connectivity index (χ1) is 9.81. The van der Waals surface area contributed by atoms with E-state index in [0.29, 0.717) is 6.07 Å². The zero-order valence-corrected chi connectivity index (χ0v) is 11.8. The van der Waals surface area contributed by atoms with Crippen molar-refractivity contribution in [3.05, 3.63) is 65.0 Å². The van der Waals surface area contributed by atoms with Crippen molar-refractivity contribution in [3.8, 4) is 0 Å². The number of aryl methyl sites for hydroxylation is 1. The molecule has 3 nitrogen and oxygen atoms in total. The molecule has 7 heteroatoms. The summed E-state index contributed by atoms with van der Waals surface area (Å²) in [5.41, 5.74) is 0.0622. The molecular weight excluding hydrogens is 303 g/mol. The molecule has 0 amide bonds. The molecule has 2 rings (SSSR count). The van der Waals surface area contributed by atoms with Crippen molar-refractivity contribution in [2.75, 3.05) is 0 Å². The molecule has 0 aliphatic heterocycles. The van der Waals surface area contributed by atoms with Crippen LogP contribution in [0.1, 0.15) is 11.1 Å². The summed E-state index contributed by atoms with van der Waals surface area (Å²) >= 11 is 0. The molecule has 0 saturated heterocycles. The second-order valence-electron chi connectivity index (χ2n) is 4.46. The molecule has 0 aromatic heterocycles. The lowest BCUT2D eigenvalue weighted by Gasteiger charge is -2.09. The standard InChI is InChI=1S/C14H12F3NO2S/c1-9-3-2-4-10(7-9)21(19,20)18-8-11-12(15)5-6-13(16)14(11)17/h2-7,18H,8H2,1H3. The molecule has 0 saturated carbocycles. The van der Waals surface area contributed by atoms with Crippen molar-refractivity contribution < 1.29 is 21.6 Å². The number of hydrogen-bond donors (Lipinski definition) is 1. The van der Waals surface area contributed by atoms with Crippen LogP contribution in [0.2, 0.25) is 0 Å². The Labute approximate surface area is 120 Å². The summed E-state index contributed by atoms with van der Waals surface area (Å²) in [5, 5.41) is 0. The first-order valence-corrected chi connectivity index (χ1v) is 7.48. The minimum atomic E-state index is -3.93. The van der Waals surface area contributed by atoms with Crippen LogP contribution in [0.4, 0.5) is 13.2 Å². The van der Waals surface area contributed by atoms with Crippen molar-refractivity contribution in [1.82, 2.24) is 4.72 Å². The van der Waals surface area contributed by atoms with E-state index in [1.54, 1.807) is 19.1 Å². The molecule has 2 aromatic rings. The molecule has 0 spiro atoms. The van der Waals surface area contributed by atoms with Crippen molar-refractivity contribution in [3.63, 3.8) is 0 Å². The van der Waals surface area contributed by atoms with Gasteiger partial charge in [0.2, 0.25) is 10.0 Å². The summed E-state index contributed by atoms with van der Waals surface area (Å²) in [4.78, 5) is -0.0280. The Morgan fingerprint density at radius 1 is 1.05 bits per heavy atom. The Bertz CT molecular complexity index is 776. The van der Waals surface area contributed by atoms with Crippen LogP contribution in [0.3, 0.4) is 0 Å². The second-order valence-corrected chi connectivity index (χ2v) is 6.23. The third-order valence-electron chi connectivity index (χ3n) is 2.88. The second kappa shape index (κ2) is 5.87. The number of sulfonamides is 1. The van der Waals surface area contributed by atoms with Gasteiger partial charge < -0.3 is 0 Å². The fourth-order valence-corrected chi connectivity index (χ4v) is 2.86. The van der Waals surface area contributed by atoms with E-state index in [9.17, 15) is 21.6 Å². The van der Waals surface area contributed by atoms with Gasteiger partial charge in [-0.05, 0) is 36.8 Å². The topological polar surface area (TPSA) is 46.2 Å². The molecule has 0 unspecified atom stereocenters. The molecule has 0 aliphatic carbocycles. The molecule has 0 atom stereocenters. The molecule has 1 N–H and O–H groups in total. The lowest BCUT2D eigenvalue weighted by Crippen LogP contribution is -2.24. The molecule has 2 aromatic carbocycles. The van der Waals surface area contributed by atoms with Crippen LogP contribution in [-0.4, -0.2) is 8.42 Å². The predicted octanol–water partition coefficient (Wildman–Crippen LogP) is 2.89. The predicted molar refractivity (Wildman–Crippen MR) is 71.5 cm³/mol. The Kier molecular flexibility index (Phi) is 4.34. The van der Waals surface area contributed by atoms with Crippen LogP contribution in [0.15, 0.2) is 41.3 Å². The van der Waals surface area contributed by atoms with Crippen LogP contribution in [0.25, 0.3) is 0 Å². The van der Waals surface area contributed by atoms with E-state index in [1.807, 2.05) is 0 Å². The van der Waals surface area contributed by atoms with Gasteiger partial charge in [-0.3, -0.25) is 0 Å². The first kappa shape index (κ1) is 15.5. The van der Waals surface area contributed by atoms with Crippen LogP contribution in [0, 0.1) is 24.4 Å². The number of hydrogen-bond acceptors (Lipinski definition) is 2. The summed E-state index contributed by atoms with van der Waals surface area (Å²) in [7, 11) is -3.93. The van der Waals surface area contributed by atoms with E-state index in [4.69, 9.17) is 0 Å². The third-order valence-corrected chi connectivity index (χ3v) is 4.28. The smallest absolute Gasteiger partial charge is 0.207 e. The Morgan fingerprint density at radius 2 is 1.71 bits per heavy atom. The zero-order chi connectivity index (χ0) is 15.6. The molecule has 0 radical (unpaired) electrons. The molecule has 0 heterocycles. The fraction of sp³-hybridized carbons (Fsp3) is 0.143. The van der Waals surface area contributed by atoms with Gasteiger partial charge in [0.05, 0.1) is 4.90 Å². The van der Waals surface area contributed by atoms with E-state index in [1.165, 1.54) is 12.1 Å². The maximum atomic E-state index is 13.5. The van der Waals surface area contributed by atoms with E-state index in [-0.39, 0.29) is 4.90 Å². The van der Waals surface area contributed by atoms with Gasteiger partial charge in [0.15, 0.2) is 11.6 Å². The quantitative estimate of drug-likeness (QED) is 0.882. The highest BCUT2D eigenvalue weighted by molar-refractivity contribution is 7.89. The maximum absolute atomic E-state index is 13.5. The Hall–Kier alpha value is -1.86. The van der Waals surface area contributed by atoms with Crippen LogP contribution in [0.5, 0.6) is 0 Å². The lowest BCUT2D eigenvalue weighted by atomic mass is 10.2. The van der Waals surface area contributed by atoms with Crippen molar-refractivity contribution in [1.29, 1.82) is 0 Å². The van der Waals surface area contributed by atoms with Gasteiger partial charge >= 0.3 is 0 Å². The molecule has 21 heavy (non-hydrogen) atoms. The van der Waals surface area contributed by atoms with Crippen LogP contribution >= 0.6 is 0 Å². The summed E-state index contributed by atoms with van der Waals surface area (Å²) < 4.78 is 66.0. The van der Waals surface area contributed by atoms with E-state index >= 15 is 0 Å². The van der Waals surface area contributed by atoms with E-state index < -0.39 is 39.6 Å². The van der Waals surface area contributed by atoms with Gasteiger partial charge in [-0.2, -0.15) is 0 Å². The van der Waals surface area contributed by atoms with Crippen LogP contribution in [-0.2, 0) is 16.6 Å².